The lowest BCUT2D eigenvalue weighted by Gasteiger charge is -2.34. The average molecular weight is 547 g/mol. The zero-order valence-corrected chi connectivity index (χ0v) is 23.4. The predicted molar refractivity (Wildman–Crippen MR) is 155 cm³/mol. The lowest BCUT2D eigenvalue weighted by Crippen LogP contribution is -2.44. The molecule has 1 aromatic heterocycles. The number of benzene rings is 2. The Morgan fingerprint density at radius 1 is 0.950 bits per heavy atom. The lowest BCUT2D eigenvalue weighted by atomic mass is 9.99. The van der Waals surface area contributed by atoms with Gasteiger partial charge in [0.05, 0.1) is 24.9 Å². The molecule has 3 N–H and O–H groups in total. The Morgan fingerprint density at radius 3 is 2.23 bits per heavy atom. The maximum absolute atomic E-state index is 12.6. The summed E-state index contributed by atoms with van der Waals surface area (Å²) in [5.41, 5.74) is 2.39. The molecule has 0 bridgehead atoms. The Hall–Kier alpha value is -3.60. The van der Waals surface area contributed by atoms with Gasteiger partial charge in [0, 0.05) is 49.0 Å². The number of amides is 2. The van der Waals surface area contributed by atoms with E-state index in [2.05, 4.69) is 22.5 Å². The molecule has 212 valence electrons. The van der Waals surface area contributed by atoms with Gasteiger partial charge >= 0.3 is 6.03 Å². The predicted octanol–water partition coefficient (Wildman–Crippen LogP) is 4.62. The van der Waals surface area contributed by atoms with Crippen molar-refractivity contribution in [3.05, 3.63) is 59.9 Å². The smallest absolute Gasteiger partial charge is 0.323 e. The molecule has 3 heterocycles. The summed E-state index contributed by atoms with van der Waals surface area (Å²) < 4.78 is 11.2. The van der Waals surface area contributed by atoms with Gasteiger partial charge in [-0.05, 0) is 75.6 Å². The molecule has 40 heavy (non-hydrogen) atoms. The van der Waals surface area contributed by atoms with Crippen molar-refractivity contribution in [1.29, 1.82) is 0 Å². The molecule has 0 aliphatic carbocycles. The van der Waals surface area contributed by atoms with Crippen LogP contribution < -0.4 is 15.5 Å². The fourth-order valence-corrected chi connectivity index (χ4v) is 5.00. The van der Waals surface area contributed by atoms with Crippen molar-refractivity contribution in [2.45, 2.75) is 57.6 Å². The summed E-state index contributed by atoms with van der Waals surface area (Å²) in [6, 6.07) is 14.8. The molecule has 5 rings (SSSR count). The molecule has 2 aromatic carbocycles. The standard InChI is InChI=1S/C30H38N6O4/c1-20-19-40-17-14-36(20)28-34-26(33-27(35-28)23-12-15-39-16-13-23)22-6-10-25(11-7-22)32-29(37)31-24-8-4-21(5-9-24)18-30(2,3)38/h4-11,20,23,38H,12-19H2,1-3H3,(H2,31,32,37)/t20-/m1/s1. The van der Waals surface area contributed by atoms with Crippen LogP contribution in [-0.4, -0.2) is 70.7 Å². The van der Waals surface area contributed by atoms with Gasteiger partial charge in [0.2, 0.25) is 5.95 Å². The zero-order chi connectivity index (χ0) is 28.1. The number of nitrogens with one attached hydrogen (secondary N) is 2. The van der Waals surface area contributed by atoms with Gasteiger partial charge in [-0.1, -0.05) is 12.1 Å². The minimum Gasteiger partial charge on any atom is -0.390 e. The molecule has 10 heteroatoms. The van der Waals surface area contributed by atoms with E-state index >= 15 is 0 Å². The van der Waals surface area contributed by atoms with E-state index in [0.717, 1.165) is 36.3 Å². The Bertz CT molecular complexity index is 1290. The van der Waals surface area contributed by atoms with Gasteiger partial charge in [0.15, 0.2) is 5.82 Å². The number of urea groups is 1. The quantitative estimate of drug-likeness (QED) is 0.393. The number of morpholine rings is 1. The number of anilines is 3. The van der Waals surface area contributed by atoms with E-state index < -0.39 is 5.60 Å². The van der Waals surface area contributed by atoms with E-state index in [9.17, 15) is 9.90 Å². The van der Waals surface area contributed by atoms with E-state index in [1.54, 1.807) is 13.8 Å². The third-order valence-electron chi connectivity index (χ3n) is 7.10. The Labute approximate surface area is 235 Å². The number of ether oxygens (including phenoxy) is 2. The van der Waals surface area contributed by atoms with Crippen LogP contribution in [0.4, 0.5) is 22.1 Å². The van der Waals surface area contributed by atoms with Crippen LogP contribution in [0.15, 0.2) is 48.5 Å². The molecule has 10 nitrogen and oxygen atoms in total. The highest BCUT2D eigenvalue weighted by atomic mass is 16.5. The third kappa shape index (κ3) is 7.32. The molecule has 3 aromatic rings. The highest BCUT2D eigenvalue weighted by molar-refractivity contribution is 5.99. The fraction of sp³-hybridized carbons (Fsp3) is 0.467. The maximum atomic E-state index is 12.6. The van der Waals surface area contributed by atoms with Gasteiger partial charge in [-0.2, -0.15) is 9.97 Å². The van der Waals surface area contributed by atoms with Crippen LogP contribution >= 0.6 is 0 Å². The third-order valence-corrected chi connectivity index (χ3v) is 7.10. The van der Waals surface area contributed by atoms with Crippen LogP contribution in [0.1, 0.15) is 50.9 Å². The second-order valence-electron chi connectivity index (χ2n) is 11.2. The van der Waals surface area contributed by atoms with Crippen LogP contribution in [0.3, 0.4) is 0 Å². The molecular weight excluding hydrogens is 508 g/mol. The molecule has 0 radical (unpaired) electrons. The number of hydrogen-bond donors (Lipinski definition) is 3. The largest absolute Gasteiger partial charge is 0.390 e. The van der Waals surface area contributed by atoms with Crippen molar-refractivity contribution in [3.8, 4) is 11.4 Å². The Balaban J connectivity index is 1.29. The summed E-state index contributed by atoms with van der Waals surface area (Å²) in [7, 11) is 0. The summed E-state index contributed by atoms with van der Waals surface area (Å²) in [6.07, 6.45) is 2.32. The van der Waals surface area contributed by atoms with Crippen LogP contribution in [0.25, 0.3) is 11.4 Å². The molecule has 2 amide bonds. The van der Waals surface area contributed by atoms with Crippen LogP contribution in [0, 0.1) is 0 Å². The molecule has 0 spiro atoms. The number of carbonyl (C=O) groups excluding carboxylic acids is 1. The zero-order valence-electron chi connectivity index (χ0n) is 23.4. The van der Waals surface area contributed by atoms with Crippen molar-refractivity contribution in [3.63, 3.8) is 0 Å². The van der Waals surface area contributed by atoms with E-state index in [1.807, 2.05) is 48.5 Å². The Morgan fingerprint density at radius 2 is 1.60 bits per heavy atom. The molecule has 2 aliphatic rings. The molecule has 0 unspecified atom stereocenters. The highest BCUT2D eigenvalue weighted by Crippen LogP contribution is 2.29. The molecule has 2 saturated heterocycles. The summed E-state index contributed by atoms with van der Waals surface area (Å²) >= 11 is 0. The van der Waals surface area contributed by atoms with E-state index in [0.29, 0.717) is 56.0 Å². The first-order chi connectivity index (χ1) is 19.2. The number of nitrogens with zero attached hydrogens (tertiary/aromatic N) is 4. The average Bonchev–Trinajstić information content (AvgIpc) is 2.94. The summed E-state index contributed by atoms with van der Waals surface area (Å²) in [6.45, 7) is 9.10. The minimum atomic E-state index is -0.783. The van der Waals surface area contributed by atoms with Crippen molar-refractivity contribution in [2.75, 3.05) is 48.5 Å². The minimum absolute atomic E-state index is 0.175. The molecule has 2 fully saturated rings. The van der Waals surface area contributed by atoms with E-state index in [-0.39, 0.29) is 18.0 Å². The van der Waals surface area contributed by atoms with Crippen molar-refractivity contribution in [2.24, 2.45) is 0 Å². The second kappa shape index (κ2) is 12.3. The number of aromatic nitrogens is 3. The van der Waals surface area contributed by atoms with Gasteiger partial charge < -0.3 is 30.1 Å². The van der Waals surface area contributed by atoms with Crippen molar-refractivity contribution >= 4 is 23.4 Å². The topological polar surface area (TPSA) is 122 Å². The van der Waals surface area contributed by atoms with Crippen LogP contribution in [0.2, 0.25) is 0 Å². The van der Waals surface area contributed by atoms with Gasteiger partial charge in [-0.25, -0.2) is 9.78 Å². The monoisotopic (exact) mass is 546 g/mol. The van der Waals surface area contributed by atoms with E-state index in [1.165, 1.54) is 0 Å². The first kappa shape index (κ1) is 27.9. The Kier molecular flexibility index (Phi) is 8.58. The fourth-order valence-electron chi connectivity index (χ4n) is 5.00. The number of carbonyl (C=O) groups is 1. The first-order valence-corrected chi connectivity index (χ1v) is 13.9. The van der Waals surface area contributed by atoms with Gasteiger partial charge in [-0.3, -0.25) is 0 Å². The van der Waals surface area contributed by atoms with E-state index in [4.69, 9.17) is 24.4 Å². The number of aliphatic hydroxyl groups is 1. The van der Waals surface area contributed by atoms with Crippen molar-refractivity contribution < 1.29 is 19.4 Å². The molecule has 2 aliphatic heterocycles. The number of rotatable bonds is 7. The van der Waals surface area contributed by atoms with Crippen LogP contribution in [-0.2, 0) is 15.9 Å². The summed E-state index contributed by atoms with van der Waals surface area (Å²) in [4.78, 5) is 29.4. The summed E-state index contributed by atoms with van der Waals surface area (Å²) in [5, 5.41) is 15.7. The van der Waals surface area contributed by atoms with Crippen molar-refractivity contribution in [1.82, 2.24) is 15.0 Å². The SMILES string of the molecule is C[C@@H]1COCCN1c1nc(-c2ccc(NC(=O)Nc3ccc(CC(C)(C)O)cc3)cc2)nc(C2CCOCC2)n1. The van der Waals surface area contributed by atoms with Gasteiger partial charge in [0.1, 0.15) is 5.82 Å². The van der Waals surface area contributed by atoms with Gasteiger partial charge in [0.25, 0.3) is 0 Å². The lowest BCUT2D eigenvalue weighted by molar-refractivity contribution is 0.0810. The maximum Gasteiger partial charge on any atom is 0.323 e. The summed E-state index contributed by atoms with van der Waals surface area (Å²) in [5.74, 6) is 2.33. The van der Waals surface area contributed by atoms with Crippen LogP contribution in [0.5, 0.6) is 0 Å². The molecular formula is C30H38N6O4. The molecule has 0 saturated carbocycles. The highest BCUT2D eigenvalue weighted by Gasteiger charge is 2.26. The van der Waals surface area contributed by atoms with Gasteiger partial charge in [-0.15, -0.1) is 0 Å². The molecule has 1 atom stereocenters. The second-order valence-corrected chi connectivity index (χ2v) is 11.2. The first-order valence-electron chi connectivity index (χ1n) is 13.9. The number of hydrogen-bond acceptors (Lipinski definition) is 8. The normalized spacial score (nSPS) is 18.4.